The molecule has 0 unspecified atom stereocenters. The van der Waals surface area contributed by atoms with Crippen LogP contribution in [0.4, 0.5) is 18.0 Å². The van der Waals surface area contributed by atoms with Crippen LogP contribution in [0.5, 0.6) is 5.75 Å². The molecular weight excluding hydrogens is 299 g/mol. The first-order valence-electron chi connectivity index (χ1n) is 5.61. The Bertz CT molecular complexity index is 454. The molecule has 1 aromatic rings. The van der Waals surface area contributed by atoms with Crippen molar-refractivity contribution in [2.45, 2.75) is 6.18 Å². The molecule has 0 aliphatic rings. The van der Waals surface area contributed by atoms with Gasteiger partial charge in [-0.05, 0) is 12.1 Å². The number of alkyl halides is 3. The third-order valence-electron chi connectivity index (χ3n) is 2.19. The van der Waals surface area contributed by atoms with Crippen LogP contribution in [0.25, 0.3) is 0 Å². The number of hydrogen-bond acceptors (Lipinski definition) is 3. The zero-order valence-corrected chi connectivity index (χ0v) is 11.4. The van der Waals surface area contributed by atoms with Crippen molar-refractivity contribution in [1.82, 2.24) is 4.90 Å². The summed E-state index contributed by atoms with van der Waals surface area (Å²) >= 11 is 5.85. The zero-order valence-electron chi connectivity index (χ0n) is 10.6. The minimum atomic E-state index is -4.54. The molecule has 4 nitrogen and oxygen atoms in total. The van der Waals surface area contributed by atoms with Gasteiger partial charge in [-0.15, -0.1) is 0 Å². The van der Waals surface area contributed by atoms with E-state index in [0.717, 1.165) is 4.90 Å². The second-order valence-corrected chi connectivity index (χ2v) is 4.28. The van der Waals surface area contributed by atoms with Gasteiger partial charge in [-0.25, -0.2) is 4.79 Å². The van der Waals surface area contributed by atoms with Crippen LogP contribution in [0.2, 0.25) is 5.02 Å². The van der Waals surface area contributed by atoms with Crippen molar-refractivity contribution in [1.29, 1.82) is 0 Å². The molecule has 0 N–H and O–H groups in total. The smallest absolute Gasteiger partial charge is 0.422 e. The second kappa shape index (κ2) is 7.23. The van der Waals surface area contributed by atoms with Crippen molar-refractivity contribution in [2.75, 3.05) is 26.8 Å². The van der Waals surface area contributed by atoms with Crippen LogP contribution in [0.3, 0.4) is 0 Å². The molecule has 0 atom stereocenters. The highest BCUT2D eigenvalue weighted by Crippen LogP contribution is 2.22. The fourth-order valence-electron chi connectivity index (χ4n) is 1.20. The molecule has 0 aliphatic heterocycles. The molecule has 8 heteroatoms. The van der Waals surface area contributed by atoms with Crippen LogP contribution < -0.4 is 4.74 Å². The molecule has 0 saturated heterocycles. The molecule has 0 bridgehead atoms. The van der Waals surface area contributed by atoms with E-state index < -0.39 is 18.9 Å². The lowest BCUT2D eigenvalue weighted by Crippen LogP contribution is -2.33. The van der Waals surface area contributed by atoms with Gasteiger partial charge in [0.1, 0.15) is 12.4 Å². The third-order valence-corrected chi connectivity index (χ3v) is 2.50. The van der Waals surface area contributed by atoms with Crippen LogP contribution in [-0.4, -0.2) is 44.0 Å². The van der Waals surface area contributed by atoms with Gasteiger partial charge in [0, 0.05) is 7.05 Å². The number of benzene rings is 1. The Hall–Kier alpha value is -1.63. The van der Waals surface area contributed by atoms with Gasteiger partial charge in [0.25, 0.3) is 0 Å². The van der Waals surface area contributed by atoms with E-state index >= 15 is 0 Å². The van der Waals surface area contributed by atoms with E-state index in [0.29, 0.717) is 10.8 Å². The summed E-state index contributed by atoms with van der Waals surface area (Å²) in [5, 5.41) is 0.412. The quantitative estimate of drug-likeness (QED) is 0.837. The average molecular weight is 312 g/mol. The van der Waals surface area contributed by atoms with Crippen LogP contribution in [0, 0.1) is 0 Å². The van der Waals surface area contributed by atoms with E-state index in [9.17, 15) is 18.0 Å². The Kier molecular flexibility index (Phi) is 5.94. The summed E-state index contributed by atoms with van der Waals surface area (Å²) in [6, 6.07) is 6.74. The van der Waals surface area contributed by atoms with Crippen LogP contribution in [0.15, 0.2) is 24.3 Å². The van der Waals surface area contributed by atoms with Crippen LogP contribution in [0.1, 0.15) is 0 Å². The van der Waals surface area contributed by atoms with Gasteiger partial charge in [-0.3, -0.25) is 0 Å². The Morgan fingerprint density at radius 2 is 2.00 bits per heavy atom. The van der Waals surface area contributed by atoms with Crippen molar-refractivity contribution in [3.8, 4) is 5.75 Å². The van der Waals surface area contributed by atoms with Gasteiger partial charge < -0.3 is 14.4 Å². The number of halogens is 4. The van der Waals surface area contributed by atoms with E-state index in [-0.39, 0.29) is 13.2 Å². The summed E-state index contributed by atoms with van der Waals surface area (Å²) < 4.78 is 45.0. The summed E-state index contributed by atoms with van der Waals surface area (Å²) in [6.07, 6.45) is -5.60. The molecule has 0 saturated carbocycles. The standard InChI is InChI=1S/C12H13ClF3NO3/c1-17(11(18)20-8-12(14,15)16)6-7-19-10-5-3-2-4-9(10)13/h2-5H,6-8H2,1H3. The molecule has 0 radical (unpaired) electrons. The van der Waals surface area contributed by atoms with Crippen molar-refractivity contribution in [3.05, 3.63) is 29.3 Å². The Labute approximate surface area is 119 Å². The number of rotatable bonds is 5. The average Bonchev–Trinajstić information content (AvgIpc) is 2.37. The number of likely N-dealkylation sites (N-methyl/N-ethyl adjacent to an activating group) is 1. The van der Waals surface area contributed by atoms with E-state index in [1.807, 2.05) is 0 Å². The number of nitrogens with zero attached hydrogens (tertiary/aromatic N) is 1. The topological polar surface area (TPSA) is 38.8 Å². The highest BCUT2D eigenvalue weighted by Gasteiger charge is 2.30. The van der Waals surface area contributed by atoms with E-state index in [1.165, 1.54) is 7.05 Å². The van der Waals surface area contributed by atoms with Crippen LogP contribution in [-0.2, 0) is 4.74 Å². The van der Waals surface area contributed by atoms with Crippen molar-refractivity contribution in [3.63, 3.8) is 0 Å². The van der Waals surface area contributed by atoms with Crippen molar-refractivity contribution in [2.24, 2.45) is 0 Å². The lowest BCUT2D eigenvalue weighted by Gasteiger charge is -2.18. The zero-order chi connectivity index (χ0) is 15.2. The molecule has 1 rings (SSSR count). The van der Waals surface area contributed by atoms with E-state index in [1.54, 1.807) is 24.3 Å². The number of amides is 1. The molecule has 0 fully saturated rings. The predicted octanol–water partition coefficient (Wildman–Crippen LogP) is 3.35. The van der Waals surface area contributed by atoms with Gasteiger partial charge in [0.05, 0.1) is 11.6 Å². The lowest BCUT2D eigenvalue weighted by molar-refractivity contribution is -0.162. The molecule has 0 aromatic heterocycles. The van der Waals surface area contributed by atoms with Gasteiger partial charge in [0.15, 0.2) is 6.61 Å². The van der Waals surface area contributed by atoms with Crippen molar-refractivity contribution < 1.29 is 27.4 Å². The summed E-state index contributed by atoms with van der Waals surface area (Å²) in [6.45, 7) is -1.45. The Morgan fingerprint density at radius 3 is 2.60 bits per heavy atom. The molecule has 20 heavy (non-hydrogen) atoms. The minimum absolute atomic E-state index is 0.0713. The minimum Gasteiger partial charge on any atom is -0.490 e. The van der Waals surface area contributed by atoms with Gasteiger partial charge in [-0.2, -0.15) is 13.2 Å². The highest BCUT2D eigenvalue weighted by molar-refractivity contribution is 6.32. The normalized spacial score (nSPS) is 11.1. The lowest BCUT2D eigenvalue weighted by atomic mass is 10.3. The number of ether oxygens (including phenoxy) is 2. The largest absolute Gasteiger partial charge is 0.490 e. The monoisotopic (exact) mass is 311 g/mol. The van der Waals surface area contributed by atoms with Crippen LogP contribution >= 0.6 is 11.6 Å². The Balaban J connectivity index is 2.31. The molecule has 112 valence electrons. The predicted molar refractivity (Wildman–Crippen MR) is 67.0 cm³/mol. The summed E-state index contributed by atoms with van der Waals surface area (Å²) in [4.78, 5) is 12.2. The fraction of sp³-hybridized carbons (Fsp3) is 0.417. The first kappa shape index (κ1) is 16.4. The molecule has 1 aromatic carbocycles. The maximum absolute atomic E-state index is 11.9. The number of hydrogen-bond donors (Lipinski definition) is 0. The second-order valence-electron chi connectivity index (χ2n) is 3.87. The first-order chi connectivity index (χ1) is 9.29. The number of para-hydroxylation sites is 1. The fourth-order valence-corrected chi connectivity index (χ4v) is 1.39. The summed E-state index contributed by atoms with van der Waals surface area (Å²) in [7, 11) is 1.31. The summed E-state index contributed by atoms with van der Waals surface area (Å²) in [5.74, 6) is 0.436. The molecular formula is C12H13ClF3NO3. The highest BCUT2D eigenvalue weighted by atomic mass is 35.5. The maximum atomic E-state index is 11.9. The molecule has 0 heterocycles. The third kappa shape index (κ3) is 6.01. The Morgan fingerprint density at radius 1 is 1.35 bits per heavy atom. The summed E-state index contributed by atoms with van der Waals surface area (Å²) in [5.41, 5.74) is 0. The number of carbonyl (C=O) groups excluding carboxylic acids is 1. The van der Waals surface area contributed by atoms with E-state index in [4.69, 9.17) is 16.3 Å². The van der Waals surface area contributed by atoms with Gasteiger partial charge in [-0.1, -0.05) is 23.7 Å². The maximum Gasteiger partial charge on any atom is 0.422 e. The molecule has 0 aliphatic carbocycles. The first-order valence-corrected chi connectivity index (χ1v) is 5.99. The van der Waals surface area contributed by atoms with E-state index in [2.05, 4.69) is 4.74 Å². The van der Waals surface area contributed by atoms with Gasteiger partial charge in [0.2, 0.25) is 0 Å². The SMILES string of the molecule is CN(CCOc1ccccc1Cl)C(=O)OCC(F)(F)F. The molecule has 1 amide bonds. The van der Waals surface area contributed by atoms with Crippen molar-refractivity contribution >= 4 is 17.7 Å². The molecule has 0 spiro atoms. The number of carbonyl (C=O) groups is 1. The van der Waals surface area contributed by atoms with Gasteiger partial charge >= 0.3 is 12.3 Å².